The second-order valence-corrected chi connectivity index (χ2v) is 9.59. The van der Waals surface area contributed by atoms with Crippen molar-refractivity contribution in [2.45, 2.75) is 31.8 Å². The van der Waals surface area contributed by atoms with E-state index in [1.807, 2.05) is 49.4 Å². The fourth-order valence-electron chi connectivity index (χ4n) is 2.73. The molecule has 0 aliphatic carbocycles. The van der Waals surface area contributed by atoms with E-state index in [1.54, 1.807) is 30.4 Å². The zero-order valence-electron chi connectivity index (χ0n) is 15.7. The Kier molecular flexibility index (Phi) is 6.28. The van der Waals surface area contributed by atoms with E-state index < -0.39 is 10.0 Å². The van der Waals surface area contributed by atoms with Gasteiger partial charge >= 0.3 is 0 Å². The molecule has 3 rings (SSSR count). The largest absolute Gasteiger partial charge is 0.347 e. The molecule has 0 spiro atoms. The Morgan fingerprint density at radius 2 is 1.71 bits per heavy atom. The summed E-state index contributed by atoms with van der Waals surface area (Å²) in [6.07, 6.45) is 0. The number of amides is 1. The van der Waals surface area contributed by atoms with Gasteiger partial charge in [-0.05, 0) is 49.2 Å². The van der Waals surface area contributed by atoms with Crippen molar-refractivity contribution < 1.29 is 13.2 Å². The van der Waals surface area contributed by atoms with Crippen molar-refractivity contribution in [2.24, 2.45) is 0 Å². The summed E-state index contributed by atoms with van der Waals surface area (Å²) in [5.41, 5.74) is 1.77. The first kappa shape index (κ1) is 20.3. The monoisotopic (exact) mass is 414 g/mol. The van der Waals surface area contributed by atoms with E-state index in [4.69, 9.17) is 0 Å². The van der Waals surface area contributed by atoms with Crippen molar-refractivity contribution in [1.29, 1.82) is 0 Å². The third-order valence-electron chi connectivity index (χ3n) is 4.27. The van der Waals surface area contributed by atoms with E-state index in [0.717, 1.165) is 10.4 Å². The van der Waals surface area contributed by atoms with Gasteiger partial charge in [-0.25, -0.2) is 13.1 Å². The summed E-state index contributed by atoms with van der Waals surface area (Å²) in [6.45, 7) is 4.33. The van der Waals surface area contributed by atoms with Gasteiger partial charge in [0.2, 0.25) is 10.0 Å². The lowest BCUT2D eigenvalue weighted by Crippen LogP contribution is -2.26. The molecule has 0 aliphatic rings. The first-order valence-corrected chi connectivity index (χ1v) is 11.1. The highest BCUT2D eigenvalue weighted by molar-refractivity contribution is 7.89. The molecule has 3 aromatic rings. The number of carbonyl (C=O) groups is 1. The van der Waals surface area contributed by atoms with E-state index >= 15 is 0 Å². The van der Waals surface area contributed by atoms with E-state index in [1.165, 1.54) is 10.9 Å². The molecular formula is C21H22N2O3S2. The average Bonchev–Trinajstić information content (AvgIpc) is 3.11. The zero-order valence-corrected chi connectivity index (χ0v) is 17.4. The maximum atomic E-state index is 12.7. The molecule has 1 heterocycles. The van der Waals surface area contributed by atoms with Gasteiger partial charge in [-0.1, -0.05) is 36.4 Å². The van der Waals surface area contributed by atoms with E-state index in [-0.39, 0.29) is 17.3 Å². The Balaban J connectivity index is 1.73. The number of benzene rings is 2. The van der Waals surface area contributed by atoms with Crippen LogP contribution in [-0.4, -0.2) is 14.3 Å². The van der Waals surface area contributed by atoms with Crippen LogP contribution in [0, 0.1) is 13.8 Å². The highest BCUT2D eigenvalue weighted by Crippen LogP contribution is 2.18. The molecule has 0 bridgehead atoms. The Morgan fingerprint density at radius 1 is 0.964 bits per heavy atom. The van der Waals surface area contributed by atoms with Crippen molar-refractivity contribution in [3.63, 3.8) is 0 Å². The number of carbonyl (C=O) groups excluding carboxylic acids is 1. The van der Waals surface area contributed by atoms with Crippen LogP contribution in [0.2, 0.25) is 0 Å². The van der Waals surface area contributed by atoms with Crippen LogP contribution in [-0.2, 0) is 23.1 Å². The molecule has 1 aromatic heterocycles. The van der Waals surface area contributed by atoms with Gasteiger partial charge in [-0.15, -0.1) is 11.3 Å². The van der Waals surface area contributed by atoms with E-state index in [2.05, 4.69) is 10.0 Å². The molecule has 0 saturated carbocycles. The SMILES string of the molecule is Cc1ccc(CNC(=O)c2ccc(C)c(S(=O)(=O)NCc3ccccc3)c2)s1. The number of rotatable bonds is 7. The molecule has 2 aromatic carbocycles. The number of hydrogen-bond acceptors (Lipinski definition) is 4. The lowest BCUT2D eigenvalue weighted by Gasteiger charge is -2.11. The van der Waals surface area contributed by atoms with E-state index in [9.17, 15) is 13.2 Å². The normalized spacial score (nSPS) is 11.4. The second-order valence-electron chi connectivity index (χ2n) is 6.49. The molecule has 7 heteroatoms. The van der Waals surface area contributed by atoms with Gasteiger partial charge in [-0.3, -0.25) is 4.79 Å². The van der Waals surface area contributed by atoms with Crippen molar-refractivity contribution in [3.8, 4) is 0 Å². The van der Waals surface area contributed by atoms with Gasteiger partial charge < -0.3 is 5.32 Å². The third kappa shape index (κ3) is 5.07. The molecule has 0 fully saturated rings. The quantitative estimate of drug-likeness (QED) is 0.618. The maximum absolute atomic E-state index is 12.7. The first-order chi connectivity index (χ1) is 13.3. The molecule has 0 saturated heterocycles. The maximum Gasteiger partial charge on any atom is 0.251 e. The molecule has 28 heavy (non-hydrogen) atoms. The zero-order chi connectivity index (χ0) is 20.1. The fraction of sp³-hybridized carbons (Fsp3) is 0.190. The molecule has 5 nitrogen and oxygen atoms in total. The van der Waals surface area contributed by atoms with Crippen LogP contribution in [0.1, 0.15) is 31.2 Å². The van der Waals surface area contributed by atoms with Crippen molar-refractivity contribution in [3.05, 3.63) is 87.1 Å². The summed E-state index contributed by atoms with van der Waals surface area (Å²) < 4.78 is 28.1. The van der Waals surface area contributed by atoms with Crippen LogP contribution in [0.4, 0.5) is 0 Å². The Morgan fingerprint density at radius 3 is 2.39 bits per heavy atom. The molecule has 0 unspecified atom stereocenters. The topological polar surface area (TPSA) is 75.3 Å². The minimum absolute atomic E-state index is 0.114. The highest BCUT2D eigenvalue weighted by atomic mass is 32.2. The average molecular weight is 415 g/mol. The van der Waals surface area contributed by atoms with Gasteiger partial charge in [-0.2, -0.15) is 0 Å². The van der Waals surface area contributed by atoms with Crippen LogP contribution in [0.15, 0.2) is 65.6 Å². The van der Waals surface area contributed by atoms with Gasteiger partial charge in [0.25, 0.3) is 5.91 Å². The Hall–Kier alpha value is -2.48. The molecule has 0 aliphatic heterocycles. The fourth-order valence-corrected chi connectivity index (χ4v) is 4.85. The smallest absolute Gasteiger partial charge is 0.251 e. The summed E-state index contributed by atoms with van der Waals surface area (Å²) in [4.78, 5) is 14.8. The van der Waals surface area contributed by atoms with Gasteiger partial charge in [0.05, 0.1) is 11.4 Å². The standard InChI is InChI=1S/C21H22N2O3S2/c1-15-8-10-18(21(24)22-14-19-11-9-16(2)27-19)12-20(15)28(25,26)23-13-17-6-4-3-5-7-17/h3-12,23H,13-14H2,1-2H3,(H,22,24). The number of nitrogens with one attached hydrogen (secondary N) is 2. The molecular weight excluding hydrogens is 392 g/mol. The van der Waals surface area contributed by atoms with Gasteiger partial charge in [0.1, 0.15) is 0 Å². The Bertz CT molecular complexity index is 1070. The third-order valence-corrected chi connectivity index (χ3v) is 6.81. The van der Waals surface area contributed by atoms with Crippen LogP contribution in [0.5, 0.6) is 0 Å². The first-order valence-electron chi connectivity index (χ1n) is 8.83. The van der Waals surface area contributed by atoms with Gasteiger partial charge in [0.15, 0.2) is 0 Å². The van der Waals surface area contributed by atoms with Crippen LogP contribution in [0.3, 0.4) is 0 Å². The minimum Gasteiger partial charge on any atom is -0.347 e. The second kappa shape index (κ2) is 8.68. The molecule has 146 valence electrons. The van der Waals surface area contributed by atoms with Crippen molar-refractivity contribution in [2.75, 3.05) is 0 Å². The molecule has 2 N–H and O–H groups in total. The number of sulfonamides is 1. The molecule has 0 radical (unpaired) electrons. The highest BCUT2D eigenvalue weighted by Gasteiger charge is 2.19. The van der Waals surface area contributed by atoms with Gasteiger partial charge in [0, 0.05) is 21.9 Å². The number of aryl methyl sites for hydroxylation is 2. The lowest BCUT2D eigenvalue weighted by molar-refractivity contribution is 0.0951. The summed E-state index contributed by atoms with van der Waals surface area (Å²) in [5, 5.41) is 2.84. The minimum atomic E-state index is -3.74. The van der Waals surface area contributed by atoms with Crippen molar-refractivity contribution in [1.82, 2.24) is 10.0 Å². The van der Waals surface area contributed by atoms with E-state index in [0.29, 0.717) is 17.7 Å². The van der Waals surface area contributed by atoms with Crippen LogP contribution in [0.25, 0.3) is 0 Å². The van der Waals surface area contributed by atoms with Crippen molar-refractivity contribution >= 4 is 27.3 Å². The summed E-state index contributed by atoms with van der Waals surface area (Å²) in [5.74, 6) is -0.300. The van der Waals surface area contributed by atoms with Crippen LogP contribution < -0.4 is 10.0 Å². The molecule has 0 atom stereocenters. The predicted molar refractivity (Wildman–Crippen MR) is 112 cm³/mol. The van der Waals surface area contributed by atoms with Crippen LogP contribution >= 0.6 is 11.3 Å². The lowest BCUT2D eigenvalue weighted by atomic mass is 10.1. The summed E-state index contributed by atoms with van der Waals surface area (Å²) in [7, 11) is -3.74. The predicted octanol–water partition coefficient (Wildman–Crippen LogP) is 3.77. The number of hydrogen-bond donors (Lipinski definition) is 2. The Labute approximate surface area is 169 Å². The summed E-state index contributed by atoms with van der Waals surface area (Å²) in [6, 6.07) is 18.0. The number of thiophene rings is 1. The summed E-state index contributed by atoms with van der Waals surface area (Å²) >= 11 is 1.62. The molecule has 1 amide bonds.